The maximum atomic E-state index is 12.5. The molecular weight excluding hydrogens is 424 g/mol. The summed E-state index contributed by atoms with van der Waals surface area (Å²) in [6.45, 7) is 3.94. The van der Waals surface area contributed by atoms with E-state index < -0.39 is 5.91 Å². The Kier molecular flexibility index (Phi) is 7.66. The molecular formula is C21H19BrN2O4. The molecule has 2 aromatic rings. The highest BCUT2D eigenvalue weighted by molar-refractivity contribution is 9.10. The number of nitriles is 1. The fourth-order valence-electron chi connectivity index (χ4n) is 2.26. The number of benzene rings is 2. The maximum absolute atomic E-state index is 12.5. The fraction of sp³-hybridized carbons (Fsp3) is 0.143. The second-order valence-electron chi connectivity index (χ2n) is 5.48. The Hall–Kier alpha value is -3.24. The van der Waals surface area contributed by atoms with E-state index in [1.165, 1.54) is 13.2 Å². The average molecular weight is 443 g/mol. The molecule has 2 aromatic carbocycles. The van der Waals surface area contributed by atoms with Gasteiger partial charge in [0.25, 0.3) is 5.91 Å². The predicted octanol–water partition coefficient (Wildman–Crippen LogP) is 4.58. The number of methoxy groups -OCH3 is 2. The summed E-state index contributed by atoms with van der Waals surface area (Å²) in [6.07, 6.45) is 3.10. The summed E-state index contributed by atoms with van der Waals surface area (Å²) in [6, 6.07) is 12.1. The van der Waals surface area contributed by atoms with Gasteiger partial charge in [0, 0.05) is 10.2 Å². The van der Waals surface area contributed by atoms with Gasteiger partial charge in [-0.15, -0.1) is 0 Å². The van der Waals surface area contributed by atoms with E-state index in [2.05, 4.69) is 27.8 Å². The first-order valence-electron chi connectivity index (χ1n) is 8.20. The molecule has 6 nitrogen and oxygen atoms in total. The molecule has 0 bridgehead atoms. The van der Waals surface area contributed by atoms with Crippen molar-refractivity contribution in [3.8, 4) is 23.3 Å². The molecule has 0 saturated heterocycles. The lowest BCUT2D eigenvalue weighted by molar-refractivity contribution is -0.112. The van der Waals surface area contributed by atoms with Crippen molar-refractivity contribution in [3.05, 3.63) is 64.7 Å². The number of nitrogens with zero attached hydrogens (tertiary/aromatic N) is 1. The zero-order valence-electron chi connectivity index (χ0n) is 15.5. The molecule has 0 aliphatic rings. The van der Waals surface area contributed by atoms with Crippen molar-refractivity contribution in [1.82, 2.24) is 0 Å². The Bertz CT molecular complexity index is 931. The Labute approximate surface area is 172 Å². The molecule has 0 aliphatic heterocycles. The van der Waals surface area contributed by atoms with Crippen molar-refractivity contribution in [2.75, 3.05) is 26.1 Å². The third kappa shape index (κ3) is 5.38. The average Bonchev–Trinajstić information content (AvgIpc) is 2.71. The van der Waals surface area contributed by atoms with Crippen LogP contribution in [-0.2, 0) is 4.79 Å². The Morgan fingerprint density at radius 2 is 1.93 bits per heavy atom. The van der Waals surface area contributed by atoms with Crippen LogP contribution in [0.4, 0.5) is 5.69 Å². The number of amides is 1. The zero-order chi connectivity index (χ0) is 20.5. The molecule has 1 amide bonds. The van der Waals surface area contributed by atoms with Crippen LogP contribution in [-0.4, -0.2) is 26.7 Å². The van der Waals surface area contributed by atoms with Crippen molar-refractivity contribution in [2.45, 2.75) is 0 Å². The third-order valence-corrected chi connectivity index (χ3v) is 4.34. The van der Waals surface area contributed by atoms with Crippen LogP contribution in [0.1, 0.15) is 5.56 Å². The van der Waals surface area contributed by atoms with Gasteiger partial charge < -0.3 is 19.5 Å². The van der Waals surface area contributed by atoms with Gasteiger partial charge in [-0.25, -0.2) is 0 Å². The van der Waals surface area contributed by atoms with Crippen LogP contribution in [0.2, 0.25) is 0 Å². The molecule has 0 spiro atoms. The molecule has 0 atom stereocenters. The lowest BCUT2D eigenvalue weighted by Crippen LogP contribution is -2.13. The highest BCUT2D eigenvalue weighted by atomic mass is 79.9. The number of nitrogens with one attached hydrogen (secondary N) is 1. The van der Waals surface area contributed by atoms with Crippen LogP contribution in [0.15, 0.2) is 59.1 Å². The van der Waals surface area contributed by atoms with Crippen molar-refractivity contribution in [2.24, 2.45) is 0 Å². The lowest BCUT2D eigenvalue weighted by Gasteiger charge is -2.12. The van der Waals surface area contributed by atoms with E-state index in [9.17, 15) is 10.1 Å². The number of halogens is 1. The van der Waals surface area contributed by atoms with E-state index in [0.29, 0.717) is 39.6 Å². The van der Waals surface area contributed by atoms with Gasteiger partial charge in [-0.1, -0.05) is 28.6 Å². The van der Waals surface area contributed by atoms with E-state index in [1.54, 1.807) is 49.6 Å². The number of hydrogen-bond acceptors (Lipinski definition) is 5. The summed E-state index contributed by atoms with van der Waals surface area (Å²) in [4.78, 5) is 12.5. The van der Waals surface area contributed by atoms with Crippen molar-refractivity contribution < 1.29 is 19.0 Å². The zero-order valence-corrected chi connectivity index (χ0v) is 17.1. The molecule has 0 aliphatic carbocycles. The lowest BCUT2D eigenvalue weighted by atomic mass is 10.1. The number of rotatable bonds is 8. The van der Waals surface area contributed by atoms with Crippen molar-refractivity contribution in [1.29, 1.82) is 5.26 Å². The summed E-state index contributed by atoms with van der Waals surface area (Å²) in [5.41, 5.74) is 1.10. The van der Waals surface area contributed by atoms with E-state index in [-0.39, 0.29) is 5.57 Å². The quantitative estimate of drug-likeness (QED) is 0.367. The Morgan fingerprint density at radius 3 is 2.50 bits per heavy atom. The highest BCUT2D eigenvalue weighted by Gasteiger charge is 2.14. The normalized spacial score (nSPS) is 10.6. The molecule has 0 saturated carbocycles. The van der Waals surface area contributed by atoms with Gasteiger partial charge in [-0.05, 0) is 48.0 Å². The maximum Gasteiger partial charge on any atom is 0.266 e. The largest absolute Gasteiger partial charge is 0.497 e. The van der Waals surface area contributed by atoms with Gasteiger partial charge in [-0.3, -0.25) is 4.79 Å². The summed E-state index contributed by atoms with van der Waals surface area (Å²) < 4.78 is 16.6. The number of hydrogen-bond donors (Lipinski definition) is 1. The van der Waals surface area contributed by atoms with Crippen LogP contribution in [0.3, 0.4) is 0 Å². The van der Waals surface area contributed by atoms with E-state index >= 15 is 0 Å². The van der Waals surface area contributed by atoms with E-state index in [4.69, 9.17) is 14.2 Å². The van der Waals surface area contributed by atoms with Crippen molar-refractivity contribution >= 4 is 33.6 Å². The van der Waals surface area contributed by atoms with Gasteiger partial charge >= 0.3 is 0 Å². The first kappa shape index (κ1) is 21.1. The van der Waals surface area contributed by atoms with Gasteiger partial charge in [0.15, 0.2) is 11.5 Å². The summed E-state index contributed by atoms with van der Waals surface area (Å²) >= 11 is 3.43. The fourth-order valence-corrected chi connectivity index (χ4v) is 2.70. The van der Waals surface area contributed by atoms with Gasteiger partial charge in [-0.2, -0.15) is 5.26 Å². The monoisotopic (exact) mass is 442 g/mol. The molecule has 0 radical (unpaired) electrons. The molecule has 28 heavy (non-hydrogen) atoms. The molecule has 0 fully saturated rings. The molecule has 0 aromatic heterocycles. The molecule has 7 heteroatoms. The van der Waals surface area contributed by atoms with Crippen LogP contribution in [0.5, 0.6) is 17.2 Å². The van der Waals surface area contributed by atoms with E-state index in [1.807, 2.05) is 6.07 Å². The molecule has 144 valence electrons. The first-order chi connectivity index (χ1) is 13.5. The number of ether oxygens (including phenoxy) is 3. The summed E-state index contributed by atoms with van der Waals surface area (Å²) in [5, 5.41) is 12.1. The number of carbonyl (C=O) groups excluding carboxylic acids is 1. The summed E-state index contributed by atoms with van der Waals surface area (Å²) in [7, 11) is 3.07. The molecule has 2 rings (SSSR count). The van der Waals surface area contributed by atoms with Crippen LogP contribution in [0.25, 0.3) is 6.08 Å². The predicted molar refractivity (Wildman–Crippen MR) is 112 cm³/mol. The Morgan fingerprint density at radius 1 is 1.21 bits per heavy atom. The second-order valence-corrected chi connectivity index (χ2v) is 6.33. The molecule has 0 heterocycles. The first-order valence-corrected chi connectivity index (χ1v) is 9.00. The van der Waals surface area contributed by atoms with Crippen molar-refractivity contribution in [3.63, 3.8) is 0 Å². The highest BCUT2D eigenvalue weighted by Crippen LogP contribution is 2.34. The van der Waals surface area contributed by atoms with Crippen LogP contribution in [0, 0.1) is 11.3 Å². The topological polar surface area (TPSA) is 80.6 Å². The number of carbonyl (C=O) groups is 1. The van der Waals surface area contributed by atoms with Crippen LogP contribution < -0.4 is 19.5 Å². The smallest absolute Gasteiger partial charge is 0.266 e. The minimum atomic E-state index is -0.523. The standard InChI is InChI=1S/C21H19BrN2O4/c1-4-9-28-20-12-18(22)14(11-19(20)27-3)10-15(13-23)21(25)24-16-5-7-17(26-2)8-6-16/h4-8,10-12H,1,9H2,2-3H3,(H,24,25)/b15-10-. The third-order valence-electron chi connectivity index (χ3n) is 3.65. The van der Waals surface area contributed by atoms with Gasteiger partial charge in [0.2, 0.25) is 0 Å². The minimum Gasteiger partial charge on any atom is -0.497 e. The summed E-state index contributed by atoms with van der Waals surface area (Å²) in [5.74, 6) is 1.14. The van der Waals surface area contributed by atoms with Gasteiger partial charge in [0.05, 0.1) is 14.2 Å². The van der Waals surface area contributed by atoms with Crippen LogP contribution >= 0.6 is 15.9 Å². The SMILES string of the molecule is C=CCOc1cc(Br)c(/C=C(/C#N)C(=O)Nc2ccc(OC)cc2)cc1OC. The Balaban J connectivity index is 2.28. The minimum absolute atomic E-state index is 0.0571. The van der Waals surface area contributed by atoms with Gasteiger partial charge in [0.1, 0.15) is 24.0 Å². The number of anilines is 1. The van der Waals surface area contributed by atoms with E-state index in [0.717, 1.165) is 0 Å². The second kappa shape index (κ2) is 10.2. The molecule has 1 N–H and O–H groups in total. The molecule has 0 unspecified atom stereocenters.